The van der Waals surface area contributed by atoms with Crippen molar-refractivity contribution in [2.45, 2.75) is 0 Å². The van der Waals surface area contributed by atoms with E-state index in [1.807, 2.05) is 0 Å². The second-order valence-corrected chi connectivity index (χ2v) is 2.23. The summed E-state index contributed by atoms with van der Waals surface area (Å²) >= 11 is 3.02. The molecule has 5 heteroatoms. The van der Waals surface area contributed by atoms with E-state index in [4.69, 9.17) is 12.3 Å². The second-order valence-electron chi connectivity index (χ2n) is 1.52. The molecule has 0 atom stereocenters. The Kier molecular flexibility index (Phi) is 1.83. The Morgan fingerprint density at radius 2 is 2.40 bits per heavy atom. The molecule has 0 fully saturated rings. The monoisotopic (exact) mass is 198 g/mol. The van der Waals surface area contributed by atoms with Gasteiger partial charge in [0.25, 0.3) is 0 Å². The third-order valence-electron chi connectivity index (χ3n) is 0.889. The minimum absolute atomic E-state index is 0.205. The predicted octanol–water partition coefficient (Wildman–Crippen LogP) is 1.37. The van der Waals surface area contributed by atoms with Crippen molar-refractivity contribution < 1.29 is 0 Å². The average Bonchev–Trinajstić information content (AvgIpc) is 1.88. The van der Waals surface area contributed by atoms with Crippen molar-refractivity contribution in [2.75, 3.05) is 5.73 Å². The minimum Gasteiger partial charge on any atom is -0.392 e. The number of aromatic nitrogens is 2. The summed E-state index contributed by atoms with van der Waals surface area (Å²) in [6.45, 7) is 6.60. The summed E-state index contributed by atoms with van der Waals surface area (Å²) in [5.41, 5.74) is 5.62. The van der Waals surface area contributed by atoms with Crippen molar-refractivity contribution >= 4 is 27.4 Å². The van der Waals surface area contributed by atoms with Crippen molar-refractivity contribution in [1.82, 2.24) is 9.97 Å². The molecule has 50 valence electrons. The summed E-state index contributed by atoms with van der Waals surface area (Å²) in [7, 11) is 0. The maximum Gasteiger partial charge on any atom is 0.245 e. The molecule has 0 radical (unpaired) electrons. The largest absolute Gasteiger partial charge is 0.392 e. The Labute approximate surface area is 66.0 Å². The van der Waals surface area contributed by atoms with E-state index < -0.39 is 0 Å². The van der Waals surface area contributed by atoms with Crippen LogP contribution in [0.5, 0.6) is 0 Å². The van der Waals surface area contributed by atoms with Crippen LogP contribution in [-0.4, -0.2) is 9.97 Å². The molecule has 1 heterocycles. The normalized spacial score (nSPS) is 8.80. The van der Waals surface area contributed by atoms with Gasteiger partial charge in [-0.05, 0) is 15.9 Å². The molecule has 0 aliphatic heterocycles. The first-order valence-corrected chi connectivity index (χ1v) is 3.19. The highest BCUT2D eigenvalue weighted by Gasteiger charge is 1.99. The third-order valence-corrected chi connectivity index (χ3v) is 1.27. The smallest absolute Gasteiger partial charge is 0.245 e. The Morgan fingerprint density at radius 1 is 1.70 bits per heavy atom. The number of nitrogens with zero attached hydrogens (tertiary/aromatic N) is 3. The standard InChI is InChI=1S/C5H3BrN4/c1-8-3-2-9-5(6)10-4(3)7/h2H,(H2,7,9,10). The highest BCUT2D eigenvalue weighted by molar-refractivity contribution is 9.10. The number of rotatable bonds is 0. The maximum absolute atomic E-state index is 6.60. The molecule has 0 saturated heterocycles. The summed E-state index contributed by atoms with van der Waals surface area (Å²) in [4.78, 5) is 10.5. The third kappa shape index (κ3) is 1.22. The van der Waals surface area contributed by atoms with Crippen LogP contribution in [-0.2, 0) is 0 Å². The van der Waals surface area contributed by atoms with Crippen LogP contribution in [0, 0.1) is 6.57 Å². The lowest BCUT2D eigenvalue weighted by atomic mass is 10.5. The average molecular weight is 199 g/mol. The van der Waals surface area contributed by atoms with Gasteiger partial charge >= 0.3 is 0 Å². The molecule has 2 N–H and O–H groups in total. The SMILES string of the molecule is [C-]#[N+]c1cnc(Br)nc1N. The van der Waals surface area contributed by atoms with Crippen LogP contribution in [0.4, 0.5) is 11.5 Å². The van der Waals surface area contributed by atoms with Gasteiger partial charge in [0.15, 0.2) is 4.73 Å². The van der Waals surface area contributed by atoms with Crippen LogP contribution in [0.1, 0.15) is 0 Å². The van der Waals surface area contributed by atoms with Crippen LogP contribution < -0.4 is 5.73 Å². The quantitative estimate of drug-likeness (QED) is 0.507. The second kappa shape index (κ2) is 2.62. The number of halogens is 1. The topological polar surface area (TPSA) is 56.2 Å². The van der Waals surface area contributed by atoms with Gasteiger partial charge in [-0.15, -0.1) is 0 Å². The summed E-state index contributed by atoms with van der Waals surface area (Å²) in [5, 5.41) is 0. The van der Waals surface area contributed by atoms with E-state index in [-0.39, 0.29) is 11.5 Å². The highest BCUT2D eigenvalue weighted by atomic mass is 79.9. The first-order valence-electron chi connectivity index (χ1n) is 2.39. The molecular weight excluding hydrogens is 196 g/mol. The molecule has 10 heavy (non-hydrogen) atoms. The summed E-state index contributed by atoms with van der Waals surface area (Å²) in [5.74, 6) is 0.205. The van der Waals surface area contributed by atoms with Gasteiger partial charge in [-0.2, -0.15) is 0 Å². The lowest BCUT2D eigenvalue weighted by molar-refractivity contribution is 1.13. The van der Waals surface area contributed by atoms with Crippen molar-refractivity contribution in [2.24, 2.45) is 0 Å². The first-order chi connectivity index (χ1) is 4.74. The predicted molar refractivity (Wildman–Crippen MR) is 40.4 cm³/mol. The zero-order valence-electron chi connectivity index (χ0n) is 4.87. The molecule has 0 saturated carbocycles. The maximum atomic E-state index is 6.60. The summed E-state index contributed by atoms with van der Waals surface area (Å²) < 4.78 is 0.400. The van der Waals surface area contributed by atoms with Crippen LogP contribution in [0.15, 0.2) is 10.9 Å². The number of nitrogen functional groups attached to an aromatic ring is 1. The summed E-state index contributed by atoms with van der Waals surface area (Å²) in [6.07, 6.45) is 1.37. The number of hydrogen-bond donors (Lipinski definition) is 1. The van der Waals surface area contributed by atoms with Crippen LogP contribution in [0.2, 0.25) is 0 Å². The van der Waals surface area contributed by atoms with Gasteiger partial charge in [-0.3, -0.25) is 0 Å². The molecule has 0 aliphatic carbocycles. The molecule has 0 unspecified atom stereocenters. The Balaban J connectivity index is 3.23. The van der Waals surface area contributed by atoms with E-state index in [0.29, 0.717) is 4.73 Å². The van der Waals surface area contributed by atoms with E-state index >= 15 is 0 Å². The van der Waals surface area contributed by atoms with Gasteiger partial charge in [0.05, 0.1) is 6.57 Å². The van der Waals surface area contributed by atoms with E-state index in [0.717, 1.165) is 0 Å². The zero-order valence-corrected chi connectivity index (χ0v) is 6.46. The fourth-order valence-electron chi connectivity index (χ4n) is 0.452. The van der Waals surface area contributed by atoms with Crippen molar-refractivity contribution in [3.05, 3.63) is 22.3 Å². The van der Waals surface area contributed by atoms with Gasteiger partial charge in [-0.1, -0.05) is 0 Å². The Bertz CT molecular complexity index is 290. The van der Waals surface area contributed by atoms with E-state index in [9.17, 15) is 0 Å². The van der Waals surface area contributed by atoms with Crippen LogP contribution >= 0.6 is 15.9 Å². The molecule has 1 aromatic heterocycles. The van der Waals surface area contributed by atoms with Crippen LogP contribution in [0.3, 0.4) is 0 Å². The molecule has 1 rings (SSSR count). The minimum atomic E-state index is 0.205. The number of hydrogen-bond acceptors (Lipinski definition) is 3. The van der Waals surface area contributed by atoms with Crippen molar-refractivity contribution in [3.8, 4) is 0 Å². The molecule has 0 bridgehead atoms. The Morgan fingerprint density at radius 3 is 2.90 bits per heavy atom. The molecular formula is C5H3BrN4. The lowest BCUT2D eigenvalue weighted by Gasteiger charge is -1.93. The number of nitrogens with two attached hydrogens (primary N) is 1. The Hall–Kier alpha value is -1.15. The zero-order chi connectivity index (χ0) is 7.56. The van der Waals surface area contributed by atoms with Gasteiger partial charge in [-0.25, -0.2) is 14.8 Å². The fourth-order valence-corrected chi connectivity index (χ4v) is 0.746. The lowest BCUT2D eigenvalue weighted by Crippen LogP contribution is -1.91. The molecule has 0 spiro atoms. The van der Waals surface area contributed by atoms with E-state index in [2.05, 4.69) is 30.7 Å². The van der Waals surface area contributed by atoms with Gasteiger partial charge < -0.3 is 5.73 Å². The van der Waals surface area contributed by atoms with Gasteiger partial charge in [0, 0.05) is 6.20 Å². The molecule has 0 aliphatic rings. The molecule has 0 amide bonds. The van der Waals surface area contributed by atoms with Gasteiger partial charge in [0.2, 0.25) is 5.69 Å². The fraction of sp³-hybridized carbons (Fsp3) is 0. The van der Waals surface area contributed by atoms with Gasteiger partial charge in [0.1, 0.15) is 5.82 Å². The number of anilines is 1. The molecule has 1 aromatic rings. The van der Waals surface area contributed by atoms with Crippen molar-refractivity contribution in [3.63, 3.8) is 0 Å². The molecule has 4 nitrogen and oxygen atoms in total. The summed E-state index contributed by atoms with van der Waals surface area (Å²) in [6, 6.07) is 0. The molecule has 0 aromatic carbocycles. The first kappa shape index (κ1) is 6.96. The van der Waals surface area contributed by atoms with E-state index in [1.165, 1.54) is 6.20 Å². The van der Waals surface area contributed by atoms with Crippen molar-refractivity contribution in [1.29, 1.82) is 0 Å². The highest BCUT2D eigenvalue weighted by Crippen LogP contribution is 2.18. The van der Waals surface area contributed by atoms with E-state index in [1.54, 1.807) is 0 Å². The van der Waals surface area contributed by atoms with Crippen LogP contribution in [0.25, 0.3) is 4.85 Å².